The number of nitrogens with one attached hydrogen (secondary N) is 1. The zero-order valence-corrected chi connectivity index (χ0v) is 22.2. The van der Waals surface area contributed by atoms with Crippen molar-refractivity contribution >= 4 is 30.3 Å². The van der Waals surface area contributed by atoms with Gasteiger partial charge in [-0.3, -0.25) is 9.59 Å². The maximum Gasteiger partial charge on any atom is 0.245 e. The van der Waals surface area contributed by atoms with Crippen molar-refractivity contribution in [2.45, 2.75) is 56.5 Å². The third-order valence-corrected chi connectivity index (χ3v) is 7.08. The number of hydrogen-bond acceptors (Lipinski definition) is 5. The van der Waals surface area contributed by atoms with Crippen LogP contribution in [0, 0.1) is 11.3 Å². The van der Waals surface area contributed by atoms with E-state index in [2.05, 4.69) is 17.5 Å². The molecule has 0 aromatic heterocycles. The summed E-state index contributed by atoms with van der Waals surface area (Å²) in [6, 6.07) is 19.3. The first-order valence-electron chi connectivity index (χ1n) is 12.5. The van der Waals surface area contributed by atoms with Gasteiger partial charge in [-0.05, 0) is 44.7 Å². The summed E-state index contributed by atoms with van der Waals surface area (Å²) >= 11 is 0. The lowest BCUT2D eigenvalue weighted by atomic mass is 9.74. The van der Waals surface area contributed by atoms with E-state index in [0.29, 0.717) is 45.4 Å². The largest absolute Gasteiger partial charge is 0.493 e. The molecule has 0 bridgehead atoms. The quantitative estimate of drug-likeness (QED) is 0.596. The molecule has 196 valence electrons. The molecular formula is C29H35ClN4O3. The Balaban J connectivity index is 0.00000380. The molecule has 3 N–H and O–H groups in total. The number of nitriles is 1. The monoisotopic (exact) mass is 522 g/mol. The summed E-state index contributed by atoms with van der Waals surface area (Å²) in [6.45, 7) is 4.66. The summed E-state index contributed by atoms with van der Waals surface area (Å²) in [6.07, 6.45) is 4.18. The average molecular weight is 523 g/mol. The predicted molar refractivity (Wildman–Crippen MR) is 146 cm³/mol. The van der Waals surface area contributed by atoms with Crippen LogP contribution in [0.1, 0.15) is 50.7 Å². The van der Waals surface area contributed by atoms with Gasteiger partial charge in [0.2, 0.25) is 11.8 Å². The predicted octanol–water partition coefficient (Wildman–Crippen LogP) is 3.97. The zero-order chi connectivity index (χ0) is 25.8. The molecule has 2 amide bonds. The lowest BCUT2D eigenvalue weighted by Crippen LogP contribution is -2.57. The van der Waals surface area contributed by atoms with E-state index in [0.717, 1.165) is 22.4 Å². The third-order valence-electron chi connectivity index (χ3n) is 7.08. The van der Waals surface area contributed by atoms with E-state index in [1.165, 1.54) is 0 Å². The second-order valence-corrected chi connectivity index (χ2v) is 10.3. The Labute approximate surface area is 225 Å². The number of piperidine rings is 1. The Morgan fingerprint density at radius 2 is 1.78 bits per heavy atom. The first-order valence-corrected chi connectivity index (χ1v) is 12.5. The summed E-state index contributed by atoms with van der Waals surface area (Å²) in [7, 11) is 0. The number of hydrogen-bond donors (Lipinski definition) is 2. The second kappa shape index (κ2) is 11.8. The number of para-hydroxylation sites is 1. The molecule has 0 aliphatic carbocycles. The molecule has 1 saturated heterocycles. The third kappa shape index (κ3) is 6.51. The number of benzene rings is 2. The molecule has 2 aliphatic rings. The van der Waals surface area contributed by atoms with E-state index in [-0.39, 0.29) is 24.2 Å². The number of halogens is 1. The minimum atomic E-state index is -1.11. The van der Waals surface area contributed by atoms with Gasteiger partial charge in [0.05, 0.1) is 23.6 Å². The van der Waals surface area contributed by atoms with Gasteiger partial charge >= 0.3 is 0 Å². The van der Waals surface area contributed by atoms with Crippen molar-refractivity contribution in [3.63, 3.8) is 0 Å². The minimum Gasteiger partial charge on any atom is -0.493 e. The highest BCUT2D eigenvalue weighted by atomic mass is 35.5. The Morgan fingerprint density at radius 1 is 1.14 bits per heavy atom. The highest BCUT2D eigenvalue weighted by molar-refractivity contribution is 5.92. The number of carbonyl (C=O) groups is 2. The van der Waals surface area contributed by atoms with E-state index < -0.39 is 17.0 Å². The van der Waals surface area contributed by atoms with Crippen molar-refractivity contribution in [2.75, 3.05) is 19.7 Å². The van der Waals surface area contributed by atoms with Crippen molar-refractivity contribution in [1.82, 2.24) is 10.2 Å². The number of ether oxygens (including phenoxy) is 1. The highest BCUT2D eigenvalue weighted by Gasteiger charge is 2.39. The molecule has 37 heavy (non-hydrogen) atoms. The summed E-state index contributed by atoms with van der Waals surface area (Å²) in [5, 5.41) is 12.9. The van der Waals surface area contributed by atoms with Crippen LogP contribution in [-0.4, -0.2) is 48.0 Å². The molecule has 7 nitrogen and oxygen atoms in total. The molecule has 0 spiro atoms. The normalized spacial score (nSPS) is 17.5. The van der Waals surface area contributed by atoms with Gasteiger partial charge in [-0.25, -0.2) is 0 Å². The van der Waals surface area contributed by atoms with Crippen LogP contribution in [0.3, 0.4) is 0 Å². The van der Waals surface area contributed by atoms with Crippen LogP contribution in [0.25, 0.3) is 6.08 Å². The molecule has 2 aromatic carbocycles. The Hall–Kier alpha value is -3.34. The van der Waals surface area contributed by atoms with Crippen molar-refractivity contribution in [1.29, 1.82) is 5.26 Å². The molecule has 0 radical (unpaired) electrons. The summed E-state index contributed by atoms with van der Waals surface area (Å²) in [4.78, 5) is 28.3. The number of nitrogens with zero attached hydrogens (tertiary/aromatic N) is 2. The molecule has 2 aromatic rings. The van der Waals surface area contributed by atoms with Crippen LogP contribution in [0.2, 0.25) is 0 Å². The minimum absolute atomic E-state index is 0. The van der Waals surface area contributed by atoms with Crippen molar-refractivity contribution in [3.05, 3.63) is 71.3 Å². The molecule has 1 unspecified atom stereocenters. The lowest BCUT2D eigenvalue weighted by molar-refractivity contribution is -0.138. The van der Waals surface area contributed by atoms with Crippen LogP contribution in [0.4, 0.5) is 0 Å². The first kappa shape index (κ1) is 28.2. The van der Waals surface area contributed by atoms with E-state index in [4.69, 9.17) is 10.5 Å². The van der Waals surface area contributed by atoms with Crippen molar-refractivity contribution < 1.29 is 14.3 Å². The fraction of sp³-hybridized carbons (Fsp3) is 0.414. The van der Waals surface area contributed by atoms with Crippen molar-refractivity contribution in [3.8, 4) is 11.8 Å². The lowest BCUT2D eigenvalue weighted by Gasteiger charge is -2.39. The first-order chi connectivity index (χ1) is 17.2. The van der Waals surface area contributed by atoms with Gasteiger partial charge in [0.25, 0.3) is 0 Å². The van der Waals surface area contributed by atoms with Crippen LogP contribution in [-0.2, 0) is 15.0 Å². The standard InChI is InChI=1S/C29H34N4O3.ClH/c1-28(2,31)27(35)32-24(19-21-12-17-36-25-11-7-6-8-22(25)18-21)26(34)33-15-13-29(20-30,14-16-33)23-9-4-3-5-10-23;/h3-11,18,24H,12-17,19,31H2,1-2H3,(H,32,35);1H. The maximum absolute atomic E-state index is 13.7. The van der Waals surface area contributed by atoms with Crippen LogP contribution in [0.15, 0.2) is 60.2 Å². The highest BCUT2D eigenvalue weighted by Crippen LogP contribution is 2.35. The van der Waals surface area contributed by atoms with E-state index >= 15 is 0 Å². The van der Waals surface area contributed by atoms with Crippen LogP contribution in [0.5, 0.6) is 5.75 Å². The Kier molecular flexibility index (Phi) is 9.01. The van der Waals surface area contributed by atoms with Crippen LogP contribution >= 0.6 is 12.4 Å². The summed E-state index contributed by atoms with van der Waals surface area (Å²) in [5.74, 6) is 0.290. The molecule has 1 fully saturated rings. The molecule has 2 heterocycles. The Morgan fingerprint density at radius 3 is 2.43 bits per heavy atom. The number of rotatable bonds is 6. The van der Waals surface area contributed by atoms with Gasteiger partial charge in [0, 0.05) is 25.1 Å². The zero-order valence-electron chi connectivity index (χ0n) is 21.4. The number of nitrogens with two attached hydrogens (primary N) is 1. The van der Waals surface area contributed by atoms with Gasteiger partial charge in [-0.15, -0.1) is 12.4 Å². The molecule has 4 rings (SSSR count). The molecule has 2 aliphatic heterocycles. The number of likely N-dealkylation sites (tertiary alicyclic amines) is 1. The van der Waals surface area contributed by atoms with Crippen molar-refractivity contribution in [2.24, 2.45) is 5.73 Å². The fourth-order valence-electron chi connectivity index (χ4n) is 4.83. The van der Waals surface area contributed by atoms with Gasteiger partial charge < -0.3 is 20.7 Å². The van der Waals surface area contributed by atoms with Gasteiger partial charge in [-0.1, -0.05) is 60.2 Å². The molecule has 0 saturated carbocycles. The molecular weight excluding hydrogens is 488 g/mol. The van der Waals surface area contributed by atoms with Gasteiger partial charge in [-0.2, -0.15) is 5.26 Å². The fourth-order valence-corrected chi connectivity index (χ4v) is 4.83. The second-order valence-electron chi connectivity index (χ2n) is 10.3. The van der Waals surface area contributed by atoms with Gasteiger partial charge in [0.15, 0.2) is 0 Å². The number of amides is 2. The summed E-state index contributed by atoms with van der Waals surface area (Å²) < 4.78 is 5.86. The van der Waals surface area contributed by atoms with Gasteiger partial charge in [0.1, 0.15) is 11.8 Å². The van der Waals surface area contributed by atoms with E-state index in [1.54, 1.807) is 18.7 Å². The van der Waals surface area contributed by atoms with Crippen LogP contribution < -0.4 is 15.8 Å². The maximum atomic E-state index is 13.7. The Bertz CT molecular complexity index is 1180. The number of carbonyl (C=O) groups excluding carboxylic acids is 2. The average Bonchev–Trinajstić information content (AvgIpc) is 3.09. The topological polar surface area (TPSA) is 108 Å². The smallest absolute Gasteiger partial charge is 0.245 e. The SMILES string of the molecule is CC(C)(N)C(=O)NC(CC1=Cc2ccccc2OCC1)C(=O)N1CCC(C#N)(c2ccccc2)CC1.Cl. The van der Waals surface area contributed by atoms with E-state index in [1.807, 2.05) is 54.6 Å². The molecule has 1 atom stereocenters. The molecule has 8 heteroatoms. The number of fused-ring (bicyclic) bond motifs is 1. The van der Waals surface area contributed by atoms with E-state index in [9.17, 15) is 14.9 Å². The summed E-state index contributed by atoms with van der Waals surface area (Å²) in [5.41, 5.74) is 7.28.